The van der Waals surface area contributed by atoms with Crippen LogP contribution in [0.2, 0.25) is 0 Å². The molecular weight excluding hydrogens is 292 g/mol. The summed E-state index contributed by atoms with van der Waals surface area (Å²) >= 11 is 0. The lowest BCUT2D eigenvalue weighted by molar-refractivity contribution is -0.111. The number of aromatic nitrogens is 5. The van der Waals surface area contributed by atoms with Gasteiger partial charge in [0.05, 0.1) is 0 Å². The minimum absolute atomic E-state index is 0.277. The highest BCUT2D eigenvalue weighted by Gasteiger charge is 2.05. The Hall–Kier alpha value is -3.35. The standard InChI is InChI=1S/C16H14N6O/c1-12-18-7-8-22(12)15-9-14(19-11-20-15)21-16(23)5-4-13-3-2-6-17-10-13/h2-11H,1H3,(H,19,20,21,23)/b5-4+. The molecule has 0 unspecified atom stereocenters. The van der Waals surface area contributed by atoms with Crippen molar-refractivity contribution >= 4 is 17.8 Å². The number of pyridine rings is 1. The van der Waals surface area contributed by atoms with Gasteiger partial charge in [-0.2, -0.15) is 0 Å². The number of anilines is 1. The van der Waals surface area contributed by atoms with Gasteiger partial charge in [-0.05, 0) is 24.6 Å². The first-order valence-electron chi connectivity index (χ1n) is 6.94. The lowest BCUT2D eigenvalue weighted by Gasteiger charge is -2.06. The first kappa shape index (κ1) is 14.6. The molecule has 0 fully saturated rings. The zero-order chi connectivity index (χ0) is 16.1. The van der Waals surface area contributed by atoms with E-state index in [1.54, 1.807) is 36.9 Å². The molecule has 0 aliphatic rings. The zero-order valence-electron chi connectivity index (χ0n) is 12.4. The van der Waals surface area contributed by atoms with Crippen molar-refractivity contribution in [3.63, 3.8) is 0 Å². The summed E-state index contributed by atoms with van der Waals surface area (Å²) in [7, 11) is 0. The lowest BCUT2D eigenvalue weighted by atomic mass is 10.2. The van der Waals surface area contributed by atoms with E-state index >= 15 is 0 Å². The van der Waals surface area contributed by atoms with Crippen LogP contribution in [0.4, 0.5) is 5.82 Å². The molecule has 0 saturated carbocycles. The quantitative estimate of drug-likeness (QED) is 0.745. The van der Waals surface area contributed by atoms with Crippen LogP contribution in [-0.2, 0) is 4.79 Å². The highest BCUT2D eigenvalue weighted by atomic mass is 16.1. The maximum atomic E-state index is 12.0. The highest BCUT2D eigenvalue weighted by Crippen LogP contribution is 2.11. The molecule has 3 heterocycles. The van der Waals surface area contributed by atoms with E-state index in [4.69, 9.17) is 0 Å². The van der Waals surface area contributed by atoms with Crippen LogP contribution in [0.5, 0.6) is 0 Å². The molecule has 0 radical (unpaired) electrons. The van der Waals surface area contributed by atoms with Crippen molar-refractivity contribution in [3.05, 3.63) is 66.8 Å². The fourth-order valence-corrected chi connectivity index (χ4v) is 1.98. The van der Waals surface area contributed by atoms with Crippen LogP contribution in [-0.4, -0.2) is 30.4 Å². The second-order valence-electron chi connectivity index (χ2n) is 4.71. The minimum Gasteiger partial charge on any atom is -0.307 e. The largest absolute Gasteiger partial charge is 0.307 e. The molecule has 1 N–H and O–H groups in total. The average molecular weight is 306 g/mol. The number of amides is 1. The van der Waals surface area contributed by atoms with Crippen molar-refractivity contribution in [2.75, 3.05) is 5.32 Å². The van der Waals surface area contributed by atoms with Crippen LogP contribution in [0.25, 0.3) is 11.9 Å². The molecule has 7 nitrogen and oxygen atoms in total. The van der Waals surface area contributed by atoms with Gasteiger partial charge in [0.2, 0.25) is 5.91 Å². The maximum absolute atomic E-state index is 12.0. The van der Waals surface area contributed by atoms with Crippen molar-refractivity contribution < 1.29 is 4.79 Å². The van der Waals surface area contributed by atoms with Crippen LogP contribution in [0.15, 0.2) is 55.4 Å². The van der Waals surface area contributed by atoms with Gasteiger partial charge >= 0.3 is 0 Å². The molecule has 3 aromatic rings. The lowest BCUT2D eigenvalue weighted by Crippen LogP contribution is -2.10. The summed E-state index contributed by atoms with van der Waals surface area (Å²) in [5.74, 6) is 1.59. The topological polar surface area (TPSA) is 85.6 Å². The second kappa shape index (κ2) is 6.61. The van der Waals surface area contributed by atoms with E-state index in [0.717, 1.165) is 11.4 Å². The van der Waals surface area contributed by atoms with Crippen LogP contribution in [0, 0.1) is 6.92 Å². The number of hydrogen-bond acceptors (Lipinski definition) is 5. The van der Waals surface area contributed by atoms with Crippen molar-refractivity contribution in [3.8, 4) is 5.82 Å². The van der Waals surface area contributed by atoms with Gasteiger partial charge in [0.15, 0.2) is 0 Å². The van der Waals surface area contributed by atoms with E-state index in [-0.39, 0.29) is 5.91 Å². The number of nitrogens with zero attached hydrogens (tertiary/aromatic N) is 5. The molecule has 114 valence electrons. The van der Waals surface area contributed by atoms with Gasteiger partial charge in [-0.15, -0.1) is 0 Å². The Morgan fingerprint density at radius 2 is 2.17 bits per heavy atom. The van der Waals surface area contributed by atoms with E-state index in [9.17, 15) is 4.79 Å². The Balaban J connectivity index is 1.72. The number of rotatable bonds is 4. The molecule has 7 heteroatoms. The van der Waals surface area contributed by atoms with Gasteiger partial charge in [-0.1, -0.05) is 6.07 Å². The minimum atomic E-state index is -0.277. The molecule has 0 spiro atoms. The van der Waals surface area contributed by atoms with Gasteiger partial charge < -0.3 is 5.32 Å². The summed E-state index contributed by atoms with van der Waals surface area (Å²) in [6, 6.07) is 5.35. The predicted molar refractivity (Wildman–Crippen MR) is 85.8 cm³/mol. The third-order valence-corrected chi connectivity index (χ3v) is 3.09. The van der Waals surface area contributed by atoms with Crippen LogP contribution < -0.4 is 5.32 Å². The Morgan fingerprint density at radius 3 is 2.91 bits per heavy atom. The van der Waals surface area contributed by atoms with Crippen LogP contribution in [0.1, 0.15) is 11.4 Å². The highest BCUT2D eigenvalue weighted by molar-refractivity contribution is 6.01. The summed E-state index contributed by atoms with van der Waals surface area (Å²) in [6.07, 6.45) is 11.4. The van der Waals surface area contributed by atoms with Crippen LogP contribution >= 0.6 is 0 Å². The van der Waals surface area contributed by atoms with Gasteiger partial charge in [-0.25, -0.2) is 15.0 Å². The monoisotopic (exact) mass is 306 g/mol. The van der Waals surface area contributed by atoms with E-state index in [1.165, 1.54) is 12.4 Å². The molecule has 0 atom stereocenters. The molecular formula is C16H14N6O. The Morgan fingerprint density at radius 1 is 1.26 bits per heavy atom. The van der Waals surface area contributed by atoms with E-state index in [2.05, 4.69) is 25.3 Å². The van der Waals surface area contributed by atoms with Gasteiger partial charge in [-0.3, -0.25) is 14.3 Å². The smallest absolute Gasteiger partial charge is 0.249 e. The van der Waals surface area contributed by atoms with E-state index in [1.807, 2.05) is 23.6 Å². The van der Waals surface area contributed by atoms with Crippen molar-refractivity contribution in [2.45, 2.75) is 6.92 Å². The number of nitrogens with one attached hydrogen (secondary N) is 1. The van der Waals surface area contributed by atoms with Gasteiger partial charge in [0.1, 0.15) is 23.8 Å². The van der Waals surface area contributed by atoms with Gasteiger partial charge in [0, 0.05) is 36.9 Å². The third-order valence-electron chi connectivity index (χ3n) is 3.09. The molecule has 1 amide bonds. The predicted octanol–water partition coefficient (Wildman–Crippen LogP) is 2.02. The Labute approximate surface area is 132 Å². The number of carbonyl (C=O) groups is 1. The average Bonchev–Trinajstić information content (AvgIpc) is 3.00. The fourth-order valence-electron chi connectivity index (χ4n) is 1.98. The first-order valence-corrected chi connectivity index (χ1v) is 6.94. The van der Waals surface area contributed by atoms with Crippen molar-refractivity contribution in [1.29, 1.82) is 0 Å². The summed E-state index contributed by atoms with van der Waals surface area (Å²) in [5, 5.41) is 2.70. The van der Waals surface area contributed by atoms with Gasteiger partial charge in [0.25, 0.3) is 0 Å². The molecule has 23 heavy (non-hydrogen) atoms. The Bertz CT molecular complexity index is 841. The molecule has 3 aromatic heterocycles. The Kier molecular flexibility index (Phi) is 4.19. The third kappa shape index (κ3) is 3.65. The van der Waals surface area contributed by atoms with E-state index < -0.39 is 0 Å². The molecule has 0 bridgehead atoms. The SMILES string of the molecule is Cc1nccn1-c1cc(NC(=O)/C=C/c2cccnc2)ncn1. The summed E-state index contributed by atoms with van der Waals surface area (Å²) in [5.41, 5.74) is 0.847. The van der Waals surface area contributed by atoms with Crippen molar-refractivity contribution in [1.82, 2.24) is 24.5 Å². The summed E-state index contributed by atoms with van der Waals surface area (Å²) in [6.45, 7) is 1.87. The zero-order valence-corrected chi connectivity index (χ0v) is 12.4. The molecule has 3 rings (SSSR count). The number of hydrogen-bond donors (Lipinski definition) is 1. The normalized spacial score (nSPS) is 10.8. The van der Waals surface area contributed by atoms with Crippen molar-refractivity contribution in [2.24, 2.45) is 0 Å². The van der Waals surface area contributed by atoms with E-state index in [0.29, 0.717) is 11.6 Å². The number of imidazole rings is 1. The molecule has 0 aliphatic heterocycles. The first-order chi connectivity index (χ1) is 11.2. The summed E-state index contributed by atoms with van der Waals surface area (Å²) in [4.78, 5) is 28.3. The van der Waals surface area contributed by atoms with Crippen LogP contribution in [0.3, 0.4) is 0 Å². The summed E-state index contributed by atoms with van der Waals surface area (Å²) < 4.78 is 1.81. The fraction of sp³-hybridized carbons (Fsp3) is 0.0625. The number of carbonyl (C=O) groups excluding carboxylic acids is 1. The molecule has 0 saturated heterocycles. The molecule has 0 aromatic carbocycles. The number of aryl methyl sites for hydroxylation is 1. The second-order valence-corrected chi connectivity index (χ2v) is 4.71. The molecule has 0 aliphatic carbocycles. The maximum Gasteiger partial charge on any atom is 0.249 e.